The highest BCUT2D eigenvalue weighted by molar-refractivity contribution is 5.79. The summed E-state index contributed by atoms with van der Waals surface area (Å²) in [6, 6.07) is 0.474. The lowest BCUT2D eigenvalue weighted by Crippen LogP contribution is -2.44. The summed E-state index contributed by atoms with van der Waals surface area (Å²) in [6.07, 6.45) is 6.97. The maximum atomic E-state index is 11.9. The fourth-order valence-electron chi connectivity index (χ4n) is 2.52. The predicted octanol–water partition coefficient (Wildman–Crippen LogP) is 1.03. The molecular weight excluding hydrogens is 176 g/mol. The first kappa shape index (κ1) is 9.97. The Balaban J connectivity index is 1.83. The minimum atomic E-state index is 0.209. The number of carbonyl (C=O) groups excluding carboxylic acids is 1. The van der Waals surface area contributed by atoms with Crippen LogP contribution < -0.4 is 11.1 Å². The molecule has 3 N–H and O–H groups in total. The third-order valence-electron chi connectivity index (χ3n) is 3.75. The topological polar surface area (TPSA) is 55.1 Å². The van der Waals surface area contributed by atoms with Crippen molar-refractivity contribution in [1.29, 1.82) is 0 Å². The SMILES string of the molecule is NCC1CCCC1C(=O)NC1CCC1. The molecule has 0 aromatic carbocycles. The summed E-state index contributed by atoms with van der Waals surface area (Å²) in [5.74, 6) is 0.915. The number of carbonyl (C=O) groups is 1. The fraction of sp³-hybridized carbons (Fsp3) is 0.909. The molecule has 2 atom stereocenters. The Morgan fingerprint density at radius 1 is 1.21 bits per heavy atom. The lowest BCUT2D eigenvalue weighted by atomic mass is 9.90. The first-order chi connectivity index (χ1) is 6.81. The monoisotopic (exact) mass is 196 g/mol. The quantitative estimate of drug-likeness (QED) is 0.708. The van der Waals surface area contributed by atoms with Crippen molar-refractivity contribution in [3.05, 3.63) is 0 Å². The van der Waals surface area contributed by atoms with Gasteiger partial charge in [-0.3, -0.25) is 4.79 Å². The lowest BCUT2D eigenvalue weighted by molar-refractivity contribution is -0.127. The van der Waals surface area contributed by atoms with Crippen LogP contribution in [0.1, 0.15) is 38.5 Å². The maximum absolute atomic E-state index is 11.9. The largest absolute Gasteiger partial charge is 0.353 e. The fourth-order valence-corrected chi connectivity index (χ4v) is 2.52. The Kier molecular flexibility index (Phi) is 3.06. The van der Waals surface area contributed by atoms with Crippen LogP contribution in [-0.4, -0.2) is 18.5 Å². The van der Waals surface area contributed by atoms with Crippen molar-refractivity contribution in [3.8, 4) is 0 Å². The van der Waals surface area contributed by atoms with E-state index in [9.17, 15) is 4.79 Å². The third kappa shape index (κ3) is 1.92. The number of rotatable bonds is 3. The molecule has 2 fully saturated rings. The molecule has 2 aliphatic rings. The van der Waals surface area contributed by atoms with E-state index >= 15 is 0 Å². The van der Waals surface area contributed by atoms with Crippen molar-refractivity contribution < 1.29 is 4.79 Å². The van der Waals surface area contributed by atoms with Crippen molar-refractivity contribution >= 4 is 5.91 Å². The average molecular weight is 196 g/mol. The number of hydrogen-bond donors (Lipinski definition) is 2. The molecule has 3 nitrogen and oxygen atoms in total. The maximum Gasteiger partial charge on any atom is 0.223 e. The van der Waals surface area contributed by atoms with E-state index in [-0.39, 0.29) is 11.8 Å². The average Bonchev–Trinajstić information content (AvgIpc) is 2.58. The number of hydrogen-bond acceptors (Lipinski definition) is 2. The van der Waals surface area contributed by atoms with E-state index in [1.165, 1.54) is 25.7 Å². The number of amides is 1. The third-order valence-corrected chi connectivity index (χ3v) is 3.75. The molecule has 14 heavy (non-hydrogen) atoms. The molecule has 80 valence electrons. The van der Waals surface area contributed by atoms with E-state index in [2.05, 4.69) is 5.32 Å². The Morgan fingerprint density at radius 2 is 1.93 bits per heavy atom. The number of nitrogens with two attached hydrogens (primary N) is 1. The van der Waals surface area contributed by atoms with E-state index in [0.717, 1.165) is 12.8 Å². The molecular formula is C11H20N2O. The normalized spacial score (nSPS) is 32.6. The molecule has 2 rings (SSSR count). The molecule has 0 bridgehead atoms. The summed E-state index contributed by atoms with van der Waals surface area (Å²) in [6.45, 7) is 0.669. The molecule has 0 aromatic heterocycles. The van der Waals surface area contributed by atoms with Crippen molar-refractivity contribution in [2.75, 3.05) is 6.54 Å². The minimum Gasteiger partial charge on any atom is -0.353 e. The first-order valence-electron chi connectivity index (χ1n) is 5.81. The van der Waals surface area contributed by atoms with Gasteiger partial charge in [-0.1, -0.05) is 6.42 Å². The van der Waals surface area contributed by atoms with E-state index in [4.69, 9.17) is 5.73 Å². The molecule has 0 heterocycles. The second-order valence-electron chi connectivity index (χ2n) is 4.67. The summed E-state index contributed by atoms with van der Waals surface area (Å²) in [5, 5.41) is 3.13. The minimum absolute atomic E-state index is 0.209. The number of nitrogens with one attached hydrogen (secondary N) is 1. The highest BCUT2D eigenvalue weighted by Gasteiger charge is 2.33. The second-order valence-corrected chi connectivity index (χ2v) is 4.67. The van der Waals surface area contributed by atoms with Gasteiger partial charge in [-0.15, -0.1) is 0 Å². The van der Waals surface area contributed by atoms with Gasteiger partial charge in [0.25, 0.3) is 0 Å². The highest BCUT2D eigenvalue weighted by Crippen LogP contribution is 2.31. The lowest BCUT2D eigenvalue weighted by Gasteiger charge is -2.29. The second kappa shape index (κ2) is 4.30. The molecule has 3 heteroatoms. The van der Waals surface area contributed by atoms with Crippen LogP contribution in [0.25, 0.3) is 0 Å². The Labute approximate surface area is 85.4 Å². The van der Waals surface area contributed by atoms with Gasteiger partial charge in [0.05, 0.1) is 0 Å². The van der Waals surface area contributed by atoms with Crippen molar-refractivity contribution in [1.82, 2.24) is 5.32 Å². The smallest absolute Gasteiger partial charge is 0.223 e. The molecule has 0 aromatic rings. The van der Waals surface area contributed by atoms with Gasteiger partial charge < -0.3 is 11.1 Å². The van der Waals surface area contributed by atoms with Gasteiger partial charge in [0.15, 0.2) is 0 Å². The van der Waals surface area contributed by atoms with Crippen LogP contribution in [0, 0.1) is 11.8 Å². The van der Waals surface area contributed by atoms with Gasteiger partial charge in [0, 0.05) is 12.0 Å². The molecule has 1 amide bonds. The van der Waals surface area contributed by atoms with Gasteiger partial charge in [-0.2, -0.15) is 0 Å². The van der Waals surface area contributed by atoms with Crippen LogP contribution in [0.3, 0.4) is 0 Å². The summed E-state index contributed by atoms with van der Waals surface area (Å²) >= 11 is 0. The molecule has 0 spiro atoms. The van der Waals surface area contributed by atoms with Crippen LogP contribution in [0.4, 0.5) is 0 Å². The van der Waals surface area contributed by atoms with Crippen LogP contribution in [0.15, 0.2) is 0 Å². The van der Waals surface area contributed by atoms with Crippen LogP contribution >= 0.6 is 0 Å². The van der Waals surface area contributed by atoms with Crippen molar-refractivity contribution in [3.63, 3.8) is 0 Å². The molecule has 2 saturated carbocycles. The van der Waals surface area contributed by atoms with Crippen LogP contribution in [-0.2, 0) is 4.79 Å². The van der Waals surface area contributed by atoms with E-state index in [1.807, 2.05) is 0 Å². The molecule has 2 aliphatic carbocycles. The zero-order valence-electron chi connectivity index (χ0n) is 8.67. The van der Waals surface area contributed by atoms with E-state index in [0.29, 0.717) is 18.5 Å². The Morgan fingerprint density at radius 3 is 2.50 bits per heavy atom. The van der Waals surface area contributed by atoms with E-state index in [1.54, 1.807) is 0 Å². The summed E-state index contributed by atoms with van der Waals surface area (Å²) in [5.41, 5.74) is 5.66. The van der Waals surface area contributed by atoms with Crippen molar-refractivity contribution in [2.45, 2.75) is 44.6 Å². The van der Waals surface area contributed by atoms with Gasteiger partial charge in [-0.25, -0.2) is 0 Å². The van der Waals surface area contributed by atoms with Gasteiger partial charge in [0.2, 0.25) is 5.91 Å². The standard InChI is InChI=1S/C11H20N2O/c12-7-8-3-1-6-10(8)11(14)13-9-4-2-5-9/h8-10H,1-7,12H2,(H,13,14). The van der Waals surface area contributed by atoms with Crippen LogP contribution in [0.2, 0.25) is 0 Å². The summed E-state index contributed by atoms with van der Waals surface area (Å²) in [4.78, 5) is 11.9. The van der Waals surface area contributed by atoms with E-state index < -0.39 is 0 Å². The van der Waals surface area contributed by atoms with Gasteiger partial charge in [-0.05, 0) is 44.6 Å². The molecule has 0 aliphatic heterocycles. The summed E-state index contributed by atoms with van der Waals surface area (Å²) in [7, 11) is 0. The van der Waals surface area contributed by atoms with Gasteiger partial charge in [0.1, 0.15) is 0 Å². The van der Waals surface area contributed by atoms with Crippen molar-refractivity contribution in [2.24, 2.45) is 17.6 Å². The zero-order chi connectivity index (χ0) is 9.97. The summed E-state index contributed by atoms with van der Waals surface area (Å²) < 4.78 is 0. The Bertz CT molecular complexity index is 213. The molecule has 0 radical (unpaired) electrons. The zero-order valence-corrected chi connectivity index (χ0v) is 8.67. The predicted molar refractivity (Wildman–Crippen MR) is 55.7 cm³/mol. The molecule has 2 unspecified atom stereocenters. The van der Waals surface area contributed by atoms with Crippen LogP contribution in [0.5, 0.6) is 0 Å². The Hall–Kier alpha value is -0.570. The molecule has 0 saturated heterocycles. The first-order valence-corrected chi connectivity index (χ1v) is 5.81. The van der Waals surface area contributed by atoms with Gasteiger partial charge >= 0.3 is 0 Å². The highest BCUT2D eigenvalue weighted by atomic mass is 16.2.